The molecular formula is C11H18N2O2S. The molecule has 0 aliphatic rings. The van der Waals surface area contributed by atoms with Gasteiger partial charge in [0.1, 0.15) is 0 Å². The maximum atomic E-state index is 11.7. The SMILES string of the molecule is COCCC(N)C(=O)N[C@H](C)c1cccs1. The van der Waals surface area contributed by atoms with Crippen LogP contribution in [0.15, 0.2) is 17.5 Å². The maximum absolute atomic E-state index is 11.7. The lowest BCUT2D eigenvalue weighted by Gasteiger charge is -2.16. The van der Waals surface area contributed by atoms with Crippen molar-refractivity contribution in [2.24, 2.45) is 5.73 Å². The summed E-state index contributed by atoms with van der Waals surface area (Å²) < 4.78 is 4.88. The number of hydrogen-bond donors (Lipinski definition) is 2. The van der Waals surface area contributed by atoms with Gasteiger partial charge in [-0.25, -0.2) is 0 Å². The maximum Gasteiger partial charge on any atom is 0.237 e. The van der Waals surface area contributed by atoms with Crippen LogP contribution in [0, 0.1) is 0 Å². The van der Waals surface area contributed by atoms with Crippen molar-refractivity contribution in [3.05, 3.63) is 22.4 Å². The highest BCUT2D eigenvalue weighted by Gasteiger charge is 2.16. The van der Waals surface area contributed by atoms with E-state index in [9.17, 15) is 4.79 Å². The fraction of sp³-hybridized carbons (Fsp3) is 0.545. The minimum absolute atomic E-state index is 0.0149. The Morgan fingerprint density at radius 1 is 1.69 bits per heavy atom. The van der Waals surface area contributed by atoms with Crippen LogP contribution in [0.3, 0.4) is 0 Å². The Balaban J connectivity index is 2.39. The summed E-state index contributed by atoms with van der Waals surface area (Å²) in [6.07, 6.45) is 0.541. The summed E-state index contributed by atoms with van der Waals surface area (Å²) in [7, 11) is 1.60. The number of amides is 1. The molecule has 5 heteroatoms. The molecular weight excluding hydrogens is 224 g/mol. The Morgan fingerprint density at radius 2 is 2.44 bits per heavy atom. The van der Waals surface area contributed by atoms with Crippen molar-refractivity contribution < 1.29 is 9.53 Å². The highest BCUT2D eigenvalue weighted by atomic mass is 32.1. The van der Waals surface area contributed by atoms with E-state index in [-0.39, 0.29) is 11.9 Å². The standard InChI is InChI=1S/C11H18N2O2S/c1-8(10-4-3-7-16-10)13-11(14)9(12)5-6-15-2/h3-4,7-9H,5-6,12H2,1-2H3,(H,13,14)/t8-,9?/m1/s1. The Morgan fingerprint density at radius 3 is 3.00 bits per heavy atom. The molecule has 0 bridgehead atoms. The summed E-state index contributed by atoms with van der Waals surface area (Å²) in [5.74, 6) is -0.127. The summed E-state index contributed by atoms with van der Waals surface area (Å²) in [4.78, 5) is 12.8. The van der Waals surface area contributed by atoms with E-state index in [1.54, 1.807) is 18.4 Å². The van der Waals surface area contributed by atoms with Gasteiger partial charge in [-0.05, 0) is 24.8 Å². The molecule has 0 saturated carbocycles. The van der Waals surface area contributed by atoms with Gasteiger partial charge in [0.2, 0.25) is 5.91 Å². The minimum atomic E-state index is -0.498. The second-order valence-electron chi connectivity index (χ2n) is 3.63. The van der Waals surface area contributed by atoms with E-state index in [4.69, 9.17) is 10.5 Å². The third-order valence-corrected chi connectivity index (χ3v) is 3.35. The zero-order valence-corrected chi connectivity index (χ0v) is 10.4. The van der Waals surface area contributed by atoms with Crippen LogP contribution in [0.5, 0.6) is 0 Å². The molecule has 1 heterocycles. The lowest BCUT2D eigenvalue weighted by molar-refractivity contribution is -0.123. The molecule has 90 valence electrons. The van der Waals surface area contributed by atoms with E-state index < -0.39 is 6.04 Å². The normalized spacial score (nSPS) is 14.4. The Kier molecular flexibility index (Phi) is 5.45. The monoisotopic (exact) mass is 242 g/mol. The summed E-state index contributed by atoms with van der Waals surface area (Å²) in [5, 5.41) is 4.87. The van der Waals surface area contributed by atoms with Crippen LogP contribution in [0.1, 0.15) is 24.3 Å². The number of rotatable bonds is 6. The van der Waals surface area contributed by atoms with Crippen molar-refractivity contribution >= 4 is 17.2 Å². The Labute approximate surface area is 99.8 Å². The van der Waals surface area contributed by atoms with Crippen LogP contribution in [0.4, 0.5) is 0 Å². The third-order valence-electron chi connectivity index (χ3n) is 2.30. The van der Waals surface area contributed by atoms with Gasteiger partial charge >= 0.3 is 0 Å². The molecule has 3 N–H and O–H groups in total. The van der Waals surface area contributed by atoms with Gasteiger partial charge in [-0.1, -0.05) is 6.07 Å². The molecule has 4 nitrogen and oxygen atoms in total. The molecule has 1 amide bonds. The Hall–Kier alpha value is -0.910. The first-order valence-corrected chi connectivity index (χ1v) is 6.11. The second kappa shape index (κ2) is 6.62. The van der Waals surface area contributed by atoms with Crippen molar-refractivity contribution in [2.45, 2.75) is 25.4 Å². The molecule has 0 fully saturated rings. The molecule has 0 aliphatic heterocycles. The van der Waals surface area contributed by atoms with Gasteiger partial charge in [0.15, 0.2) is 0 Å². The number of nitrogens with one attached hydrogen (secondary N) is 1. The molecule has 16 heavy (non-hydrogen) atoms. The van der Waals surface area contributed by atoms with Crippen LogP contribution < -0.4 is 11.1 Å². The van der Waals surface area contributed by atoms with Crippen LogP contribution in [-0.4, -0.2) is 25.7 Å². The summed E-state index contributed by atoms with van der Waals surface area (Å²) >= 11 is 1.62. The molecule has 0 radical (unpaired) electrons. The number of thiophene rings is 1. The number of hydrogen-bond acceptors (Lipinski definition) is 4. The van der Waals surface area contributed by atoms with E-state index in [0.29, 0.717) is 13.0 Å². The van der Waals surface area contributed by atoms with Gasteiger partial charge < -0.3 is 15.8 Å². The number of methoxy groups -OCH3 is 1. The molecule has 0 aliphatic carbocycles. The molecule has 1 aromatic rings. The van der Waals surface area contributed by atoms with Crippen LogP contribution in [0.25, 0.3) is 0 Å². The number of nitrogens with two attached hydrogens (primary N) is 1. The highest BCUT2D eigenvalue weighted by molar-refractivity contribution is 7.10. The third kappa shape index (κ3) is 3.92. The summed E-state index contributed by atoms with van der Waals surface area (Å²) in [6.45, 7) is 2.45. The molecule has 0 spiro atoms. The van der Waals surface area contributed by atoms with Crippen molar-refractivity contribution in [3.63, 3.8) is 0 Å². The van der Waals surface area contributed by atoms with Crippen LogP contribution in [-0.2, 0) is 9.53 Å². The zero-order chi connectivity index (χ0) is 12.0. The van der Waals surface area contributed by atoms with E-state index in [1.807, 2.05) is 24.4 Å². The van der Waals surface area contributed by atoms with Crippen molar-refractivity contribution in [1.82, 2.24) is 5.32 Å². The fourth-order valence-corrected chi connectivity index (χ4v) is 2.04. The number of ether oxygens (including phenoxy) is 1. The van der Waals surface area contributed by atoms with Gasteiger partial charge in [-0.3, -0.25) is 4.79 Å². The quantitative estimate of drug-likeness (QED) is 0.790. The van der Waals surface area contributed by atoms with Gasteiger partial charge in [0.05, 0.1) is 12.1 Å². The summed E-state index contributed by atoms with van der Waals surface area (Å²) in [6, 6.07) is 3.48. The van der Waals surface area contributed by atoms with E-state index in [1.165, 1.54) is 0 Å². The van der Waals surface area contributed by atoms with Crippen LogP contribution in [0.2, 0.25) is 0 Å². The molecule has 0 aromatic carbocycles. The highest BCUT2D eigenvalue weighted by Crippen LogP contribution is 2.17. The number of carbonyl (C=O) groups excluding carboxylic acids is 1. The smallest absolute Gasteiger partial charge is 0.237 e. The fourth-order valence-electron chi connectivity index (χ4n) is 1.31. The van der Waals surface area contributed by atoms with E-state index in [0.717, 1.165) is 4.88 Å². The molecule has 1 unspecified atom stereocenters. The van der Waals surface area contributed by atoms with E-state index in [2.05, 4.69) is 5.32 Å². The van der Waals surface area contributed by atoms with Crippen molar-refractivity contribution in [2.75, 3.05) is 13.7 Å². The predicted octanol–water partition coefficient (Wildman–Crippen LogP) is 1.29. The first-order chi connectivity index (χ1) is 7.65. The Bertz CT molecular complexity index is 314. The molecule has 1 rings (SSSR count). The molecule has 1 aromatic heterocycles. The van der Waals surface area contributed by atoms with Gasteiger partial charge in [0, 0.05) is 18.6 Å². The van der Waals surface area contributed by atoms with Gasteiger partial charge in [-0.2, -0.15) is 0 Å². The first-order valence-electron chi connectivity index (χ1n) is 5.23. The minimum Gasteiger partial charge on any atom is -0.385 e. The number of carbonyl (C=O) groups is 1. The lowest BCUT2D eigenvalue weighted by Crippen LogP contribution is -2.42. The average molecular weight is 242 g/mol. The van der Waals surface area contributed by atoms with Crippen molar-refractivity contribution in [1.29, 1.82) is 0 Å². The van der Waals surface area contributed by atoms with Gasteiger partial charge in [-0.15, -0.1) is 11.3 Å². The van der Waals surface area contributed by atoms with Crippen molar-refractivity contribution in [3.8, 4) is 0 Å². The topological polar surface area (TPSA) is 64.3 Å². The predicted molar refractivity (Wildman–Crippen MR) is 65.3 cm³/mol. The van der Waals surface area contributed by atoms with E-state index >= 15 is 0 Å². The van der Waals surface area contributed by atoms with Gasteiger partial charge in [0.25, 0.3) is 0 Å². The zero-order valence-electron chi connectivity index (χ0n) is 9.60. The molecule has 0 saturated heterocycles. The average Bonchev–Trinajstić information content (AvgIpc) is 2.79. The lowest BCUT2D eigenvalue weighted by atomic mass is 10.2. The van der Waals surface area contributed by atoms with Crippen LogP contribution >= 0.6 is 11.3 Å². The second-order valence-corrected chi connectivity index (χ2v) is 4.61. The first kappa shape index (κ1) is 13.2. The molecule has 2 atom stereocenters. The largest absolute Gasteiger partial charge is 0.385 e. The summed E-state index contributed by atoms with van der Waals surface area (Å²) in [5.41, 5.74) is 5.72.